The molecule has 1 saturated heterocycles. The molecule has 0 radical (unpaired) electrons. The average molecular weight is 276 g/mol. The second-order valence-corrected chi connectivity index (χ2v) is 4.79. The summed E-state index contributed by atoms with van der Waals surface area (Å²) in [5.74, 6) is -0.585. The Morgan fingerprint density at radius 1 is 1.40 bits per heavy atom. The van der Waals surface area contributed by atoms with Crippen molar-refractivity contribution in [2.24, 2.45) is 5.92 Å². The highest BCUT2D eigenvalue weighted by atomic mass is 16.6. The summed E-state index contributed by atoms with van der Waals surface area (Å²) in [7, 11) is 0. The van der Waals surface area contributed by atoms with E-state index in [0.29, 0.717) is 13.2 Å². The number of para-hydroxylation sites is 1. The van der Waals surface area contributed by atoms with Crippen molar-refractivity contribution in [2.75, 3.05) is 18.1 Å². The van der Waals surface area contributed by atoms with Crippen molar-refractivity contribution in [3.63, 3.8) is 0 Å². The van der Waals surface area contributed by atoms with Crippen LogP contribution in [0.5, 0.6) is 0 Å². The summed E-state index contributed by atoms with van der Waals surface area (Å²) in [5, 5.41) is 0. The topological polar surface area (TPSA) is 58.6 Å². The summed E-state index contributed by atoms with van der Waals surface area (Å²) in [6, 6.07) is 7.81. The molecule has 5 nitrogen and oxygen atoms in total. The van der Waals surface area contributed by atoms with E-state index in [1.165, 1.54) is 0 Å². The number of nitrogens with one attached hydrogen (secondary N) is 1. The van der Waals surface area contributed by atoms with Crippen molar-refractivity contribution in [1.82, 2.24) is 5.48 Å². The van der Waals surface area contributed by atoms with Crippen LogP contribution in [0.3, 0.4) is 0 Å². The van der Waals surface area contributed by atoms with E-state index in [4.69, 9.17) is 4.84 Å². The van der Waals surface area contributed by atoms with E-state index in [-0.39, 0.29) is 24.2 Å². The van der Waals surface area contributed by atoms with Crippen LogP contribution in [-0.2, 0) is 20.8 Å². The lowest BCUT2D eigenvalue weighted by atomic mass is 10.1. The molecule has 1 aromatic rings. The third-order valence-electron chi connectivity index (χ3n) is 3.48. The molecular formula is C15H20N2O3. The van der Waals surface area contributed by atoms with Crippen molar-refractivity contribution < 1.29 is 14.4 Å². The first-order valence-electron chi connectivity index (χ1n) is 6.97. The molecule has 1 aromatic carbocycles. The predicted molar refractivity (Wildman–Crippen MR) is 76.0 cm³/mol. The van der Waals surface area contributed by atoms with Crippen molar-refractivity contribution >= 4 is 17.5 Å². The molecular weight excluding hydrogens is 256 g/mol. The summed E-state index contributed by atoms with van der Waals surface area (Å²) >= 11 is 0. The van der Waals surface area contributed by atoms with Crippen LogP contribution in [0.25, 0.3) is 0 Å². The van der Waals surface area contributed by atoms with Gasteiger partial charge in [-0.3, -0.25) is 14.4 Å². The molecule has 0 aliphatic carbocycles. The summed E-state index contributed by atoms with van der Waals surface area (Å²) in [6.45, 7) is 4.67. The molecule has 1 atom stereocenters. The molecule has 1 aliphatic heterocycles. The molecule has 108 valence electrons. The van der Waals surface area contributed by atoms with E-state index in [1.54, 1.807) is 11.8 Å². The Labute approximate surface area is 118 Å². The van der Waals surface area contributed by atoms with Gasteiger partial charge in [0, 0.05) is 18.7 Å². The second kappa shape index (κ2) is 6.52. The van der Waals surface area contributed by atoms with Crippen LogP contribution in [0.15, 0.2) is 24.3 Å². The van der Waals surface area contributed by atoms with Gasteiger partial charge in [0.15, 0.2) is 0 Å². The number of benzene rings is 1. The highest BCUT2D eigenvalue weighted by molar-refractivity contribution is 6.00. The van der Waals surface area contributed by atoms with Crippen LogP contribution < -0.4 is 10.4 Å². The van der Waals surface area contributed by atoms with Gasteiger partial charge in [0.2, 0.25) is 11.8 Å². The van der Waals surface area contributed by atoms with E-state index in [0.717, 1.165) is 17.7 Å². The Balaban J connectivity index is 2.11. The fraction of sp³-hybridized carbons (Fsp3) is 0.467. The maximum atomic E-state index is 12.1. The third kappa shape index (κ3) is 2.99. The second-order valence-electron chi connectivity index (χ2n) is 4.79. The van der Waals surface area contributed by atoms with Gasteiger partial charge in [0.1, 0.15) is 0 Å². The quantitative estimate of drug-likeness (QED) is 0.832. The third-order valence-corrected chi connectivity index (χ3v) is 3.48. The van der Waals surface area contributed by atoms with Gasteiger partial charge in [0.25, 0.3) is 0 Å². The van der Waals surface area contributed by atoms with Gasteiger partial charge in [-0.05, 0) is 25.0 Å². The van der Waals surface area contributed by atoms with Crippen LogP contribution >= 0.6 is 0 Å². The van der Waals surface area contributed by atoms with E-state index < -0.39 is 0 Å². The first kappa shape index (κ1) is 14.5. The molecule has 0 saturated carbocycles. The minimum Gasteiger partial charge on any atom is -0.311 e. The zero-order valence-electron chi connectivity index (χ0n) is 11.9. The molecule has 2 rings (SSSR count). The van der Waals surface area contributed by atoms with E-state index >= 15 is 0 Å². The number of nitrogens with zero attached hydrogens (tertiary/aromatic N) is 1. The van der Waals surface area contributed by atoms with E-state index in [2.05, 4.69) is 12.4 Å². The molecule has 5 heteroatoms. The lowest BCUT2D eigenvalue weighted by Crippen LogP contribution is -2.33. The number of rotatable bonds is 5. The van der Waals surface area contributed by atoms with Gasteiger partial charge in [-0.1, -0.05) is 25.1 Å². The van der Waals surface area contributed by atoms with Crippen LogP contribution in [-0.4, -0.2) is 25.0 Å². The van der Waals surface area contributed by atoms with Gasteiger partial charge >= 0.3 is 0 Å². The van der Waals surface area contributed by atoms with Gasteiger partial charge in [0.05, 0.1) is 12.5 Å². The van der Waals surface area contributed by atoms with Crippen LogP contribution in [0.2, 0.25) is 0 Å². The standard InChI is InChI=1S/C15H20N2O3/c1-3-11-7-5-6-8-13(11)17-10-12(9-14(17)18)15(19)16-20-4-2/h5-8,12H,3-4,9-10H2,1-2H3,(H,16,19). The Hall–Kier alpha value is -1.88. The van der Waals surface area contributed by atoms with Crippen molar-refractivity contribution in [1.29, 1.82) is 0 Å². The van der Waals surface area contributed by atoms with Crippen molar-refractivity contribution in [2.45, 2.75) is 26.7 Å². The molecule has 2 amide bonds. The molecule has 1 fully saturated rings. The van der Waals surface area contributed by atoms with Crippen LogP contribution in [0, 0.1) is 5.92 Å². The highest BCUT2D eigenvalue weighted by Gasteiger charge is 2.35. The van der Waals surface area contributed by atoms with E-state index in [1.807, 2.05) is 24.3 Å². The van der Waals surface area contributed by atoms with Gasteiger partial charge < -0.3 is 4.90 Å². The summed E-state index contributed by atoms with van der Waals surface area (Å²) in [6.07, 6.45) is 1.09. The Morgan fingerprint density at radius 2 is 2.15 bits per heavy atom. The van der Waals surface area contributed by atoms with E-state index in [9.17, 15) is 9.59 Å². The fourth-order valence-electron chi connectivity index (χ4n) is 2.42. The summed E-state index contributed by atoms with van der Waals surface area (Å²) < 4.78 is 0. The Bertz CT molecular complexity index is 502. The maximum absolute atomic E-state index is 12.1. The van der Waals surface area contributed by atoms with Crippen LogP contribution in [0.1, 0.15) is 25.8 Å². The average Bonchev–Trinajstić information content (AvgIpc) is 2.86. The van der Waals surface area contributed by atoms with Crippen LogP contribution in [0.4, 0.5) is 5.69 Å². The van der Waals surface area contributed by atoms with Crippen molar-refractivity contribution in [3.05, 3.63) is 29.8 Å². The number of carbonyl (C=O) groups excluding carboxylic acids is 2. The number of anilines is 1. The minimum absolute atomic E-state index is 0.0115. The number of aryl methyl sites for hydroxylation is 1. The Kier molecular flexibility index (Phi) is 4.74. The highest BCUT2D eigenvalue weighted by Crippen LogP contribution is 2.28. The largest absolute Gasteiger partial charge is 0.311 e. The normalized spacial score (nSPS) is 18.4. The number of hydrogen-bond donors (Lipinski definition) is 1. The molecule has 1 heterocycles. The fourth-order valence-corrected chi connectivity index (χ4v) is 2.42. The molecule has 0 bridgehead atoms. The number of hydrogen-bond acceptors (Lipinski definition) is 3. The molecule has 0 spiro atoms. The lowest BCUT2D eigenvalue weighted by Gasteiger charge is -2.19. The monoisotopic (exact) mass is 276 g/mol. The zero-order valence-corrected chi connectivity index (χ0v) is 11.9. The molecule has 1 aliphatic rings. The minimum atomic E-state index is -0.348. The van der Waals surface area contributed by atoms with Gasteiger partial charge in [-0.25, -0.2) is 5.48 Å². The molecule has 0 aromatic heterocycles. The zero-order chi connectivity index (χ0) is 14.5. The number of amides is 2. The summed E-state index contributed by atoms with van der Waals surface area (Å²) in [5.41, 5.74) is 4.40. The van der Waals surface area contributed by atoms with Gasteiger partial charge in [-0.2, -0.15) is 0 Å². The number of carbonyl (C=O) groups is 2. The SMILES string of the molecule is CCONC(=O)C1CC(=O)N(c2ccccc2CC)C1. The maximum Gasteiger partial charge on any atom is 0.248 e. The van der Waals surface area contributed by atoms with Gasteiger partial charge in [-0.15, -0.1) is 0 Å². The summed E-state index contributed by atoms with van der Waals surface area (Å²) in [4.78, 5) is 30.6. The number of hydroxylamine groups is 1. The molecule has 20 heavy (non-hydrogen) atoms. The van der Waals surface area contributed by atoms with Crippen molar-refractivity contribution in [3.8, 4) is 0 Å². The Morgan fingerprint density at radius 3 is 2.85 bits per heavy atom. The molecule has 1 unspecified atom stereocenters. The lowest BCUT2D eigenvalue weighted by molar-refractivity contribution is -0.137. The first-order chi connectivity index (χ1) is 9.67. The molecule has 1 N–H and O–H groups in total. The smallest absolute Gasteiger partial charge is 0.248 e. The first-order valence-corrected chi connectivity index (χ1v) is 6.97. The predicted octanol–water partition coefficient (Wildman–Crippen LogP) is 1.67.